The van der Waals surface area contributed by atoms with Gasteiger partial charge in [-0.3, -0.25) is 0 Å². The van der Waals surface area contributed by atoms with Crippen molar-refractivity contribution >= 4 is 28.5 Å². The number of hydrogen-bond donors (Lipinski definition) is 0. The third kappa shape index (κ3) is 3.63. The summed E-state index contributed by atoms with van der Waals surface area (Å²) in [6.45, 7) is 4.60. The van der Waals surface area contributed by atoms with E-state index in [1.165, 1.54) is 0 Å². The number of aromatic nitrogens is 1. The van der Waals surface area contributed by atoms with Crippen molar-refractivity contribution in [3.05, 3.63) is 64.8 Å². The molecule has 4 rings (SSSR count). The van der Waals surface area contributed by atoms with Crippen LogP contribution in [0.5, 0.6) is 11.5 Å². The van der Waals surface area contributed by atoms with Gasteiger partial charge in [0, 0.05) is 10.9 Å². The summed E-state index contributed by atoms with van der Waals surface area (Å²) in [5.41, 5.74) is 4.42. The minimum atomic E-state index is -1.15. The molecule has 0 bridgehead atoms. The van der Waals surface area contributed by atoms with Gasteiger partial charge in [0.05, 0.1) is 30.9 Å². The highest BCUT2D eigenvalue weighted by Gasteiger charge is 2.25. The fourth-order valence-electron chi connectivity index (χ4n) is 4.22. The second-order valence-electron chi connectivity index (χ2n) is 7.64. The summed E-state index contributed by atoms with van der Waals surface area (Å²) in [6.07, 6.45) is 3.55. The molecule has 0 saturated heterocycles. The molecule has 1 aliphatic carbocycles. The van der Waals surface area contributed by atoms with E-state index in [-0.39, 0.29) is 5.56 Å². The van der Waals surface area contributed by atoms with Crippen LogP contribution in [0, 0.1) is 5.92 Å². The first kappa shape index (κ1) is 20.0. The number of para-hydroxylation sites is 1. The zero-order valence-corrected chi connectivity index (χ0v) is 17.4. The number of allylic oxidation sites excluding steroid dienone is 1. The fraction of sp³-hybridized carbons (Fsp3) is 0.280. The molecule has 0 unspecified atom stereocenters. The molecule has 1 aromatic heterocycles. The molecular formula is C25H24NO4-. The van der Waals surface area contributed by atoms with Gasteiger partial charge in [0.1, 0.15) is 0 Å². The minimum Gasteiger partial charge on any atom is -0.545 e. The number of ether oxygens (including phenoxy) is 2. The Morgan fingerprint density at radius 1 is 1.20 bits per heavy atom. The second kappa shape index (κ2) is 8.19. The van der Waals surface area contributed by atoms with Crippen LogP contribution in [-0.4, -0.2) is 24.7 Å². The van der Waals surface area contributed by atoms with Crippen molar-refractivity contribution < 1.29 is 19.4 Å². The Morgan fingerprint density at radius 2 is 2.00 bits per heavy atom. The molecule has 0 amide bonds. The minimum absolute atomic E-state index is 0.262. The molecule has 0 N–H and O–H groups in total. The van der Waals surface area contributed by atoms with E-state index in [1.807, 2.05) is 43.3 Å². The maximum absolute atomic E-state index is 12.1. The Labute approximate surface area is 176 Å². The molecule has 154 valence electrons. The molecular weight excluding hydrogens is 378 g/mol. The molecule has 0 spiro atoms. The van der Waals surface area contributed by atoms with Crippen LogP contribution in [0.4, 0.5) is 0 Å². The van der Waals surface area contributed by atoms with Crippen molar-refractivity contribution in [3.63, 3.8) is 0 Å². The van der Waals surface area contributed by atoms with E-state index in [0.717, 1.165) is 28.8 Å². The lowest BCUT2D eigenvalue weighted by Gasteiger charge is -2.27. The summed E-state index contributed by atoms with van der Waals surface area (Å²) in [5, 5.41) is 12.7. The normalized spacial score (nSPS) is 17.0. The van der Waals surface area contributed by atoms with Crippen LogP contribution in [0.25, 0.3) is 22.6 Å². The average molecular weight is 402 g/mol. The Morgan fingerprint density at radius 3 is 2.73 bits per heavy atom. The van der Waals surface area contributed by atoms with E-state index >= 15 is 0 Å². The lowest BCUT2D eigenvalue weighted by Crippen LogP contribution is -2.27. The lowest BCUT2D eigenvalue weighted by atomic mass is 9.80. The van der Waals surface area contributed by atoms with Crippen molar-refractivity contribution in [1.29, 1.82) is 0 Å². The van der Waals surface area contributed by atoms with Gasteiger partial charge in [-0.25, -0.2) is 4.98 Å². The molecule has 0 radical (unpaired) electrons. The maximum atomic E-state index is 12.1. The largest absolute Gasteiger partial charge is 0.545 e. The molecule has 5 heteroatoms. The van der Waals surface area contributed by atoms with Gasteiger partial charge in [0.25, 0.3) is 0 Å². The van der Waals surface area contributed by atoms with E-state index in [9.17, 15) is 9.90 Å². The third-order valence-electron chi connectivity index (χ3n) is 5.45. The van der Waals surface area contributed by atoms with Crippen molar-refractivity contribution in [2.24, 2.45) is 5.92 Å². The molecule has 2 aromatic carbocycles. The molecule has 1 aliphatic rings. The quantitative estimate of drug-likeness (QED) is 0.642. The van der Waals surface area contributed by atoms with Crippen LogP contribution in [0.1, 0.15) is 47.4 Å². The van der Waals surface area contributed by atoms with Gasteiger partial charge in [-0.2, -0.15) is 0 Å². The van der Waals surface area contributed by atoms with Crippen LogP contribution < -0.4 is 14.6 Å². The summed E-state index contributed by atoms with van der Waals surface area (Å²) in [4.78, 5) is 16.9. The lowest BCUT2D eigenvalue weighted by molar-refractivity contribution is -0.254. The Kier molecular flexibility index (Phi) is 5.44. The first-order chi connectivity index (χ1) is 14.5. The number of nitrogens with zero attached hydrogens (tertiary/aromatic N) is 1. The van der Waals surface area contributed by atoms with E-state index < -0.39 is 5.97 Å². The van der Waals surface area contributed by atoms with Crippen molar-refractivity contribution in [1.82, 2.24) is 4.98 Å². The van der Waals surface area contributed by atoms with E-state index in [0.29, 0.717) is 41.3 Å². The molecule has 30 heavy (non-hydrogen) atoms. The highest BCUT2D eigenvalue weighted by atomic mass is 16.5. The second-order valence-corrected chi connectivity index (χ2v) is 7.64. The number of rotatable bonds is 5. The number of fused-ring (bicyclic) bond motifs is 2. The van der Waals surface area contributed by atoms with E-state index in [2.05, 4.69) is 13.0 Å². The Hall–Kier alpha value is -3.34. The molecule has 1 heterocycles. The van der Waals surface area contributed by atoms with Crippen LogP contribution in [0.3, 0.4) is 0 Å². The van der Waals surface area contributed by atoms with Gasteiger partial charge in [0.2, 0.25) is 0 Å². The zero-order chi connectivity index (χ0) is 21.3. The zero-order valence-electron chi connectivity index (χ0n) is 17.4. The molecule has 5 nitrogen and oxygen atoms in total. The summed E-state index contributed by atoms with van der Waals surface area (Å²) < 4.78 is 11.1. The monoisotopic (exact) mass is 402 g/mol. The summed E-state index contributed by atoms with van der Waals surface area (Å²) in [5.74, 6) is 0.510. The molecule has 0 aliphatic heterocycles. The number of aromatic carboxylic acids is 1. The van der Waals surface area contributed by atoms with Gasteiger partial charge in [0.15, 0.2) is 11.5 Å². The number of carboxylic acids is 1. The first-order valence-electron chi connectivity index (χ1n) is 10.2. The van der Waals surface area contributed by atoms with Gasteiger partial charge < -0.3 is 19.4 Å². The summed E-state index contributed by atoms with van der Waals surface area (Å²) in [6, 6.07) is 13.1. The Bertz CT molecular complexity index is 1150. The summed E-state index contributed by atoms with van der Waals surface area (Å²) in [7, 11) is 1.62. The summed E-state index contributed by atoms with van der Waals surface area (Å²) >= 11 is 0. The maximum Gasteiger partial charge on any atom is 0.161 e. The van der Waals surface area contributed by atoms with Gasteiger partial charge >= 0.3 is 0 Å². The topological polar surface area (TPSA) is 71.5 Å². The molecule has 0 saturated carbocycles. The number of pyridine rings is 1. The smallest absolute Gasteiger partial charge is 0.161 e. The van der Waals surface area contributed by atoms with Crippen LogP contribution in [0.15, 0.2) is 42.5 Å². The Balaban J connectivity index is 1.90. The highest BCUT2D eigenvalue weighted by molar-refractivity contribution is 6.05. The van der Waals surface area contributed by atoms with Crippen molar-refractivity contribution in [2.45, 2.75) is 26.7 Å². The number of carboxylic acid groups (broad SMARTS) is 1. The molecule has 3 aromatic rings. The number of benzene rings is 2. The van der Waals surface area contributed by atoms with Crippen molar-refractivity contribution in [2.75, 3.05) is 13.7 Å². The average Bonchev–Trinajstić information content (AvgIpc) is 2.72. The van der Waals surface area contributed by atoms with Gasteiger partial charge in [-0.1, -0.05) is 31.2 Å². The first-order valence-corrected chi connectivity index (χ1v) is 10.2. The van der Waals surface area contributed by atoms with Crippen molar-refractivity contribution in [3.8, 4) is 11.5 Å². The predicted molar refractivity (Wildman–Crippen MR) is 116 cm³/mol. The number of methoxy groups -OCH3 is 1. The molecule has 1 atom stereocenters. The van der Waals surface area contributed by atoms with Gasteiger partial charge in [-0.15, -0.1) is 0 Å². The SMILES string of the molecule is CCOc1cc(/C=C2\C[C@H](C)Cc3c2nc2ccccc2c3C(=O)[O-])ccc1OC. The van der Waals surface area contributed by atoms with Gasteiger partial charge in [-0.05, 0) is 66.7 Å². The highest BCUT2D eigenvalue weighted by Crippen LogP contribution is 2.39. The van der Waals surface area contributed by atoms with E-state index in [1.54, 1.807) is 13.2 Å². The van der Waals surface area contributed by atoms with Crippen LogP contribution >= 0.6 is 0 Å². The fourth-order valence-corrected chi connectivity index (χ4v) is 4.22. The predicted octanol–water partition coefficient (Wildman–Crippen LogP) is 4.13. The molecule has 0 fully saturated rings. The number of hydrogen-bond acceptors (Lipinski definition) is 5. The number of carbonyl (C=O) groups excluding carboxylic acids is 1. The third-order valence-corrected chi connectivity index (χ3v) is 5.45. The number of carbonyl (C=O) groups is 1. The van der Waals surface area contributed by atoms with Crippen LogP contribution in [-0.2, 0) is 6.42 Å². The van der Waals surface area contributed by atoms with E-state index in [4.69, 9.17) is 14.5 Å². The van der Waals surface area contributed by atoms with Crippen LogP contribution in [0.2, 0.25) is 0 Å². The standard InChI is InChI=1S/C25H25NO4/c1-4-30-22-14-16(9-10-21(22)29-3)13-17-11-15(2)12-19-23(25(27)28)18-7-5-6-8-20(18)26-24(17)19/h5-10,13-15H,4,11-12H2,1-3H3,(H,27,28)/p-1/b17-13+/t15-/m0/s1.